The molecule has 2 heterocycles. The van der Waals surface area contributed by atoms with E-state index < -0.39 is 15.8 Å². The van der Waals surface area contributed by atoms with Gasteiger partial charge in [-0.3, -0.25) is 4.79 Å². The minimum Gasteiger partial charge on any atom is -0.481 e. The van der Waals surface area contributed by atoms with Crippen molar-refractivity contribution < 1.29 is 18.3 Å². The van der Waals surface area contributed by atoms with Crippen LogP contribution in [-0.2, 0) is 21.2 Å². The van der Waals surface area contributed by atoms with Gasteiger partial charge in [0.05, 0.1) is 5.92 Å². The van der Waals surface area contributed by atoms with Crippen molar-refractivity contribution in [2.75, 3.05) is 30.0 Å². The van der Waals surface area contributed by atoms with Crippen LogP contribution >= 0.6 is 0 Å². The largest absolute Gasteiger partial charge is 0.481 e. The van der Waals surface area contributed by atoms with E-state index >= 15 is 0 Å². The van der Waals surface area contributed by atoms with Gasteiger partial charge in [0, 0.05) is 25.9 Å². The molecule has 0 radical (unpaired) electrons. The zero-order valence-electron chi connectivity index (χ0n) is 12.1. The Morgan fingerprint density at radius 1 is 1.43 bits per heavy atom. The standard InChI is InChI=1S/C12H20N4O4S/c1-3-16-10(13)9(21(2,19)20)11(14-16)15-6-4-8(5-7-15)12(17)18/h8H,3-7,13H2,1-2H3,(H,17,18). The second-order valence-corrected chi connectivity index (χ2v) is 7.18. The molecule has 0 atom stereocenters. The summed E-state index contributed by atoms with van der Waals surface area (Å²) >= 11 is 0. The Labute approximate surface area is 123 Å². The maximum Gasteiger partial charge on any atom is 0.306 e. The molecule has 3 N–H and O–H groups in total. The number of piperidine rings is 1. The summed E-state index contributed by atoms with van der Waals surface area (Å²) in [5.74, 6) is -0.721. The molecular formula is C12H20N4O4S. The molecular weight excluding hydrogens is 296 g/mol. The van der Waals surface area contributed by atoms with Gasteiger partial charge in [-0.15, -0.1) is 0 Å². The number of carboxylic acids is 1. The summed E-state index contributed by atoms with van der Waals surface area (Å²) in [4.78, 5) is 12.8. The van der Waals surface area contributed by atoms with E-state index in [1.165, 1.54) is 4.68 Å². The van der Waals surface area contributed by atoms with E-state index in [1.807, 2.05) is 6.92 Å². The monoisotopic (exact) mass is 316 g/mol. The van der Waals surface area contributed by atoms with E-state index in [2.05, 4.69) is 5.10 Å². The van der Waals surface area contributed by atoms with Gasteiger partial charge in [-0.05, 0) is 19.8 Å². The van der Waals surface area contributed by atoms with E-state index in [0.717, 1.165) is 6.26 Å². The van der Waals surface area contributed by atoms with Gasteiger partial charge in [-0.1, -0.05) is 0 Å². The van der Waals surface area contributed by atoms with Gasteiger partial charge >= 0.3 is 5.97 Å². The van der Waals surface area contributed by atoms with Gasteiger partial charge < -0.3 is 15.7 Å². The number of sulfone groups is 1. The molecule has 1 aromatic rings. The van der Waals surface area contributed by atoms with Crippen molar-refractivity contribution in [1.82, 2.24) is 9.78 Å². The van der Waals surface area contributed by atoms with Gasteiger partial charge in [-0.2, -0.15) is 5.10 Å². The maximum atomic E-state index is 12.0. The lowest BCUT2D eigenvalue weighted by Gasteiger charge is -2.30. The number of nitrogens with two attached hydrogens (primary N) is 1. The normalized spacial score (nSPS) is 17.1. The molecule has 1 fully saturated rings. The average Bonchev–Trinajstić information content (AvgIpc) is 2.75. The number of hydrogen-bond acceptors (Lipinski definition) is 6. The van der Waals surface area contributed by atoms with Crippen LogP contribution < -0.4 is 10.6 Å². The fourth-order valence-corrected chi connectivity index (χ4v) is 3.57. The van der Waals surface area contributed by atoms with Crippen molar-refractivity contribution in [2.45, 2.75) is 31.2 Å². The molecule has 0 aromatic carbocycles. The van der Waals surface area contributed by atoms with Crippen molar-refractivity contribution in [3.63, 3.8) is 0 Å². The van der Waals surface area contributed by atoms with Gasteiger partial charge in [0.1, 0.15) is 5.82 Å². The Morgan fingerprint density at radius 2 is 2.00 bits per heavy atom. The van der Waals surface area contributed by atoms with Crippen LogP contribution in [0.5, 0.6) is 0 Å². The summed E-state index contributed by atoms with van der Waals surface area (Å²) in [5.41, 5.74) is 5.88. The number of nitrogen functional groups attached to an aromatic ring is 1. The van der Waals surface area contributed by atoms with Gasteiger partial charge in [0.2, 0.25) is 0 Å². The third kappa shape index (κ3) is 2.97. The van der Waals surface area contributed by atoms with Crippen molar-refractivity contribution in [3.05, 3.63) is 0 Å². The quantitative estimate of drug-likeness (QED) is 0.813. The van der Waals surface area contributed by atoms with Crippen molar-refractivity contribution >= 4 is 27.4 Å². The minimum atomic E-state index is -3.50. The number of aliphatic carboxylic acids is 1. The van der Waals surface area contributed by atoms with Crippen LogP contribution in [0, 0.1) is 5.92 Å². The molecule has 1 aliphatic heterocycles. The smallest absolute Gasteiger partial charge is 0.306 e. The lowest BCUT2D eigenvalue weighted by molar-refractivity contribution is -0.142. The highest BCUT2D eigenvalue weighted by Gasteiger charge is 2.31. The molecule has 0 bridgehead atoms. The molecule has 1 aliphatic rings. The first-order chi connectivity index (χ1) is 9.75. The summed E-state index contributed by atoms with van der Waals surface area (Å²) in [7, 11) is -3.50. The Hall–Kier alpha value is -1.77. The average molecular weight is 316 g/mol. The van der Waals surface area contributed by atoms with E-state index in [4.69, 9.17) is 10.8 Å². The molecule has 0 aliphatic carbocycles. The molecule has 0 amide bonds. The van der Waals surface area contributed by atoms with E-state index in [-0.39, 0.29) is 16.6 Å². The van der Waals surface area contributed by atoms with Crippen LogP contribution in [0.3, 0.4) is 0 Å². The SMILES string of the molecule is CCn1nc(N2CCC(C(=O)O)CC2)c(S(C)(=O)=O)c1N. The molecule has 21 heavy (non-hydrogen) atoms. The van der Waals surface area contributed by atoms with Crippen LogP contribution in [0.1, 0.15) is 19.8 Å². The number of carbonyl (C=O) groups is 1. The molecule has 0 spiro atoms. The van der Waals surface area contributed by atoms with Gasteiger partial charge in [-0.25, -0.2) is 13.1 Å². The second kappa shape index (κ2) is 5.55. The summed E-state index contributed by atoms with van der Waals surface area (Å²) in [5, 5.41) is 13.3. The van der Waals surface area contributed by atoms with Crippen LogP contribution in [0.25, 0.3) is 0 Å². The fourth-order valence-electron chi connectivity index (χ4n) is 2.59. The predicted octanol–water partition coefficient (Wildman–Crippen LogP) is 0.190. The number of hydrogen-bond donors (Lipinski definition) is 2. The topological polar surface area (TPSA) is 119 Å². The zero-order chi connectivity index (χ0) is 15.8. The maximum absolute atomic E-state index is 12.0. The fraction of sp³-hybridized carbons (Fsp3) is 0.667. The zero-order valence-corrected chi connectivity index (χ0v) is 12.9. The third-order valence-electron chi connectivity index (χ3n) is 3.74. The highest BCUT2D eigenvalue weighted by molar-refractivity contribution is 7.91. The second-order valence-electron chi connectivity index (χ2n) is 5.23. The highest BCUT2D eigenvalue weighted by Crippen LogP contribution is 2.32. The first-order valence-electron chi connectivity index (χ1n) is 6.79. The third-order valence-corrected chi connectivity index (χ3v) is 4.88. The Morgan fingerprint density at radius 3 is 2.43 bits per heavy atom. The summed E-state index contributed by atoms with van der Waals surface area (Å²) in [6.07, 6.45) is 2.04. The molecule has 8 nitrogen and oxygen atoms in total. The van der Waals surface area contributed by atoms with Crippen molar-refractivity contribution in [2.24, 2.45) is 5.92 Å². The first kappa shape index (κ1) is 15.6. The number of aryl methyl sites for hydroxylation is 1. The number of aromatic nitrogens is 2. The number of nitrogens with zero attached hydrogens (tertiary/aromatic N) is 3. The van der Waals surface area contributed by atoms with Crippen LogP contribution in [0.2, 0.25) is 0 Å². The molecule has 118 valence electrons. The van der Waals surface area contributed by atoms with E-state index in [9.17, 15) is 13.2 Å². The Kier molecular flexibility index (Phi) is 4.13. The number of carboxylic acid groups (broad SMARTS) is 1. The van der Waals surface area contributed by atoms with E-state index in [1.54, 1.807) is 4.90 Å². The minimum absolute atomic E-state index is 0.0399. The molecule has 0 saturated carbocycles. The van der Waals surface area contributed by atoms with Crippen LogP contribution in [-0.4, -0.2) is 48.6 Å². The Bertz CT molecular complexity index is 644. The lowest BCUT2D eigenvalue weighted by Crippen LogP contribution is -2.37. The van der Waals surface area contributed by atoms with Crippen molar-refractivity contribution in [1.29, 1.82) is 0 Å². The summed E-state index contributed by atoms with van der Waals surface area (Å²) < 4.78 is 25.4. The highest BCUT2D eigenvalue weighted by atomic mass is 32.2. The summed E-state index contributed by atoms with van der Waals surface area (Å²) in [6.45, 7) is 3.22. The van der Waals surface area contributed by atoms with Crippen LogP contribution in [0.15, 0.2) is 4.90 Å². The summed E-state index contributed by atoms with van der Waals surface area (Å²) in [6, 6.07) is 0. The molecule has 0 unspecified atom stereocenters. The Balaban J connectivity index is 2.35. The molecule has 2 rings (SSSR count). The molecule has 9 heteroatoms. The molecule has 1 aromatic heterocycles. The van der Waals surface area contributed by atoms with Gasteiger partial charge in [0.25, 0.3) is 0 Å². The number of rotatable bonds is 4. The van der Waals surface area contributed by atoms with Crippen molar-refractivity contribution in [3.8, 4) is 0 Å². The van der Waals surface area contributed by atoms with Gasteiger partial charge in [0.15, 0.2) is 20.6 Å². The van der Waals surface area contributed by atoms with Crippen LogP contribution in [0.4, 0.5) is 11.6 Å². The predicted molar refractivity (Wildman–Crippen MR) is 78.0 cm³/mol. The number of anilines is 2. The lowest BCUT2D eigenvalue weighted by atomic mass is 9.97. The first-order valence-corrected chi connectivity index (χ1v) is 8.69. The molecule has 1 saturated heterocycles. The van der Waals surface area contributed by atoms with E-state index in [0.29, 0.717) is 38.3 Å².